The summed E-state index contributed by atoms with van der Waals surface area (Å²) >= 11 is 0. The predicted molar refractivity (Wildman–Crippen MR) is 136 cm³/mol. The van der Waals surface area contributed by atoms with Gasteiger partial charge in [-0.15, -0.1) is 0 Å². The van der Waals surface area contributed by atoms with E-state index in [1.165, 1.54) is 12.1 Å². The maximum Gasteiger partial charge on any atom is 0.226 e. The molecule has 5 rings (SSSR count). The van der Waals surface area contributed by atoms with Gasteiger partial charge in [-0.05, 0) is 74.3 Å². The molecular formula is C27H31FN6O2. The van der Waals surface area contributed by atoms with Crippen molar-refractivity contribution < 1.29 is 14.3 Å². The Labute approximate surface area is 209 Å². The number of aromatic nitrogens is 2. The number of phenols is 1. The lowest BCUT2D eigenvalue weighted by Crippen LogP contribution is -2.39. The van der Waals surface area contributed by atoms with Gasteiger partial charge in [0, 0.05) is 17.2 Å². The van der Waals surface area contributed by atoms with Gasteiger partial charge in [0.25, 0.3) is 0 Å². The van der Waals surface area contributed by atoms with E-state index in [0.717, 1.165) is 42.9 Å². The summed E-state index contributed by atoms with van der Waals surface area (Å²) in [4.78, 5) is 24.9. The van der Waals surface area contributed by atoms with Crippen LogP contribution in [0, 0.1) is 17.1 Å². The average Bonchev–Trinajstić information content (AvgIpc) is 3.45. The molecule has 8 nitrogen and oxygen atoms in total. The summed E-state index contributed by atoms with van der Waals surface area (Å²) in [6.45, 7) is 4.74. The number of nitrogens with two attached hydrogens (primary N) is 1. The lowest BCUT2D eigenvalue weighted by atomic mass is 9.95. The van der Waals surface area contributed by atoms with Crippen molar-refractivity contribution in [2.45, 2.75) is 39.3 Å². The molecule has 0 aliphatic carbocycles. The molecule has 0 saturated carbocycles. The van der Waals surface area contributed by atoms with E-state index in [4.69, 9.17) is 11.1 Å². The van der Waals surface area contributed by atoms with Crippen molar-refractivity contribution >= 4 is 17.3 Å². The summed E-state index contributed by atoms with van der Waals surface area (Å²) in [7, 11) is 2.08. The number of rotatable bonds is 5. The number of hydrogen-bond acceptors (Lipinski definition) is 6. The predicted octanol–water partition coefficient (Wildman–Crippen LogP) is 3.67. The molecule has 1 fully saturated rings. The minimum absolute atomic E-state index is 0.0663. The SMILES string of the molecule is CCc1cc(O)c(F)cc1-c1ccc(C(=N)c2nc3c([nH]2)CN(C(=O)C2CCN(C)CC2)C3)c(N)c1. The second-order valence-electron chi connectivity index (χ2n) is 9.77. The van der Waals surface area contributed by atoms with E-state index in [0.29, 0.717) is 47.7 Å². The minimum Gasteiger partial charge on any atom is -0.505 e. The van der Waals surface area contributed by atoms with Gasteiger partial charge in [0.05, 0.1) is 24.5 Å². The molecule has 0 spiro atoms. The van der Waals surface area contributed by atoms with Crippen molar-refractivity contribution in [1.82, 2.24) is 19.8 Å². The van der Waals surface area contributed by atoms with Gasteiger partial charge in [-0.3, -0.25) is 10.2 Å². The molecule has 0 unspecified atom stereocenters. The summed E-state index contributed by atoms with van der Waals surface area (Å²) in [5, 5.41) is 18.4. The van der Waals surface area contributed by atoms with Crippen LogP contribution in [0.15, 0.2) is 30.3 Å². The van der Waals surface area contributed by atoms with Crippen LogP contribution in [0.25, 0.3) is 11.1 Å². The smallest absolute Gasteiger partial charge is 0.226 e. The van der Waals surface area contributed by atoms with Gasteiger partial charge in [0.2, 0.25) is 5.91 Å². The minimum atomic E-state index is -0.689. The molecule has 36 heavy (non-hydrogen) atoms. The van der Waals surface area contributed by atoms with Gasteiger partial charge < -0.3 is 25.6 Å². The number of piperidine rings is 1. The number of anilines is 1. The number of fused-ring (bicyclic) bond motifs is 1. The van der Waals surface area contributed by atoms with Crippen molar-refractivity contribution in [3.8, 4) is 16.9 Å². The van der Waals surface area contributed by atoms with E-state index >= 15 is 0 Å². The molecular weight excluding hydrogens is 459 g/mol. The van der Waals surface area contributed by atoms with E-state index < -0.39 is 5.82 Å². The second-order valence-corrected chi connectivity index (χ2v) is 9.77. The Balaban J connectivity index is 1.32. The van der Waals surface area contributed by atoms with Crippen LogP contribution < -0.4 is 5.73 Å². The van der Waals surface area contributed by atoms with Gasteiger partial charge in [0.1, 0.15) is 5.71 Å². The summed E-state index contributed by atoms with van der Waals surface area (Å²) in [5.41, 5.74) is 11.2. The molecule has 0 atom stereocenters. The highest BCUT2D eigenvalue weighted by Gasteiger charge is 2.33. The van der Waals surface area contributed by atoms with Gasteiger partial charge >= 0.3 is 0 Å². The monoisotopic (exact) mass is 490 g/mol. The Bertz CT molecular complexity index is 1320. The first-order chi connectivity index (χ1) is 17.2. The first-order valence-electron chi connectivity index (χ1n) is 12.3. The number of carbonyl (C=O) groups is 1. The third-order valence-corrected chi connectivity index (χ3v) is 7.36. The van der Waals surface area contributed by atoms with Crippen molar-refractivity contribution in [3.05, 3.63) is 64.5 Å². The zero-order valence-electron chi connectivity index (χ0n) is 20.6. The molecule has 1 saturated heterocycles. The van der Waals surface area contributed by atoms with Crippen LogP contribution in [0.2, 0.25) is 0 Å². The number of imidazole rings is 1. The fraction of sp³-hybridized carbons (Fsp3) is 0.370. The van der Waals surface area contributed by atoms with Crippen LogP contribution in [-0.4, -0.2) is 56.6 Å². The Kier molecular flexibility index (Phi) is 6.26. The van der Waals surface area contributed by atoms with Gasteiger partial charge in [-0.25, -0.2) is 9.37 Å². The second kappa shape index (κ2) is 9.39. The number of aromatic hydroxyl groups is 1. The Morgan fingerprint density at radius 3 is 2.67 bits per heavy atom. The third kappa shape index (κ3) is 4.35. The number of carbonyl (C=O) groups excluding carboxylic acids is 1. The van der Waals surface area contributed by atoms with E-state index in [1.54, 1.807) is 18.2 Å². The molecule has 188 valence electrons. The number of nitrogen functional groups attached to an aromatic ring is 1. The van der Waals surface area contributed by atoms with Crippen molar-refractivity contribution in [2.75, 3.05) is 25.9 Å². The van der Waals surface area contributed by atoms with Gasteiger partial charge in [-0.1, -0.05) is 19.1 Å². The number of nitrogens with zero attached hydrogens (tertiary/aromatic N) is 3. The summed E-state index contributed by atoms with van der Waals surface area (Å²) in [6.07, 6.45) is 2.39. The Hall–Kier alpha value is -3.72. The molecule has 1 amide bonds. The molecule has 3 aromatic rings. The van der Waals surface area contributed by atoms with Gasteiger partial charge in [0.15, 0.2) is 17.4 Å². The molecule has 2 aliphatic rings. The molecule has 5 N–H and O–H groups in total. The number of halogens is 1. The van der Waals surface area contributed by atoms with Crippen LogP contribution in [-0.2, 0) is 24.3 Å². The van der Waals surface area contributed by atoms with E-state index in [-0.39, 0.29) is 23.3 Å². The highest BCUT2D eigenvalue weighted by atomic mass is 19.1. The van der Waals surface area contributed by atoms with Crippen LogP contribution in [0.3, 0.4) is 0 Å². The van der Waals surface area contributed by atoms with Crippen LogP contribution >= 0.6 is 0 Å². The first kappa shape index (κ1) is 24.0. The molecule has 2 aliphatic heterocycles. The van der Waals surface area contributed by atoms with E-state index in [9.17, 15) is 14.3 Å². The number of H-pyrrole nitrogens is 1. The molecule has 0 bridgehead atoms. The topological polar surface area (TPSA) is 122 Å². The molecule has 3 heterocycles. The van der Waals surface area contributed by atoms with Crippen LogP contribution in [0.4, 0.5) is 10.1 Å². The number of phenolic OH excluding ortho intramolecular Hbond substituents is 1. The lowest BCUT2D eigenvalue weighted by Gasteiger charge is -2.30. The standard InChI is InChI=1S/C27H31FN6O2/c1-3-15-11-24(35)20(28)12-19(15)17-4-5-18(21(29)10-17)25(30)26-31-22-13-34(14-23(22)32-26)27(36)16-6-8-33(2)9-7-16/h4-5,10-12,16,30,35H,3,6-9,13-14,29H2,1-2H3,(H,31,32). The van der Waals surface area contributed by atoms with Crippen molar-refractivity contribution in [2.24, 2.45) is 5.92 Å². The number of hydrogen-bond donors (Lipinski definition) is 4. The van der Waals surface area contributed by atoms with Gasteiger partial charge in [-0.2, -0.15) is 0 Å². The fourth-order valence-electron chi connectivity index (χ4n) is 5.17. The maximum absolute atomic E-state index is 14.0. The third-order valence-electron chi connectivity index (χ3n) is 7.36. The van der Waals surface area contributed by atoms with Crippen LogP contribution in [0.5, 0.6) is 5.75 Å². The highest BCUT2D eigenvalue weighted by Crippen LogP contribution is 2.33. The quantitative estimate of drug-likeness (QED) is 0.321. The van der Waals surface area contributed by atoms with Crippen molar-refractivity contribution in [1.29, 1.82) is 5.41 Å². The molecule has 0 radical (unpaired) electrons. The number of amides is 1. The molecule has 9 heteroatoms. The summed E-state index contributed by atoms with van der Waals surface area (Å²) in [6, 6.07) is 7.99. The number of nitrogens with one attached hydrogen (secondary N) is 2. The average molecular weight is 491 g/mol. The largest absolute Gasteiger partial charge is 0.505 e. The Morgan fingerprint density at radius 2 is 2.00 bits per heavy atom. The normalized spacial score (nSPS) is 16.4. The maximum atomic E-state index is 14.0. The molecule has 1 aromatic heterocycles. The Morgan fingerprint density at radius 1 is 1.25 bits per heavy atom. The van der Waals surface area contributed by atoms with Crippen molar-refractivity contribution in [3.63, 3.8) is 0 Å². The fourth-order valence-corrected chi connectivity index (χ4v) is 5.17. The number of benzene rings is 2. The summed E-state index contributed by atoms with van der Waals surface area (Å²) in [5.74, 6) is -0.402. The molecule has 2 aromatic carbocycles. The number of aromatic amines is 1. The first-order valence-corrected chi connectivity index (χ1v) is 12.3. The summed E-state index contributed by atoms with van der Waals surface area (Å²) < 4.78 is 14.0. The lowest BCUT2D eigenvalue weighted by molar-refractivity contribution is -0.137. The zero-order chi connectivity index (χ0) is 25.6. The number of likely N-dealkylation sites (tertiary alicyclic amines) is 1. The van der Waals surface area contributed by atoms with E-state index in [1.807, 2.05) is 11.8 Å². The van der Waals surface area contributed by atoms with E-state index in [2.05, 4.69) is 21.9 Å². The number of aryl methyl sites for hydroxylation is 1. The van der Waals surface area contributed by atoms with Crippen LogP contribution in [0.1, 0.15) is 48.1 Å². The zero-order valence-corrected chi connectivity index (χ0v) is 20.6. The highest BCUT2D eigenvalue weighted by molar-refractivity contribution is 6.12.